The summed E-state index contributed by atoms with van der Waals surface area (Å²) in [4.78, 5) is 35.8. The SMILES string of the molecule is O=C1C2c3[nH]c4ccccc4c3-c3ccccc3C(=O)N2c2ccccc2N1C1CCCCC1. The van der Waals surface area contributed by atoms with E-state index in [1.54, 1.807) is 4.90 Å². The van der Waals surface area contributed by atoms with Gasteiger partial charge in [-0.2, -0.15) is 0 Å². The standard InChI is InChI=1S/C29H25N3O2/c33-28-20-13-5-4-12-19(20)25-21-14-6-7-15-22(21)30-26(25)27-29(34)31(18-10-2-1-3-11-18)23-16-8-9-17-24(23)32(27)28/h4-9,12-18,27,30H,1-3,10-11H2. The number of fused-ring (bicyclic) bond motifs is 9. The molecule has 3 aliphatic rings. The number of hydrogen-bond donors (Lipinski definition) is 1. The van der Waals surface area contributed by atoms with Crippen molar-refractivity contribution in [3.8, 4) is 11.1 Å². The minimum absolute atomic E-state index is 0.0143. The van der Waals surface area contributed by atoms with Crippen LogP contribution in [0.3, 0.4) is 0 Å². The van der Waals surface area contributed by atoms with Crippen LogP contribution in [-0.4, -0.2) is 22.8 Å². The van der Waals surface area contributed by atoms with E-state index in [0.29, 0.717) is 5.56 Å². The lowest BCUT2D eigenvalue weighted by Gasteiger charge is -2.45. The van der Waals surface area contributed by atoms with Gasteiger partial charge in [-0.1, -0.05) is 67.8 Å². The number of hydrogen-bond acceptors (Lipinski definition) is 2. The van der Waals surface area contributed by atoms with Gasteiger partial charge in [0.25, 0.3) is 11.8 Å². The Morgan fingerprint density at radius 2 is 1.35 bits per heavy atom. The van der Waals surface area contributed by atoms with Crippen molar-refractivity contribution in [2.75, 3.05) is 9.80 Å². The molecule has 1 unspecified atom stereocenters. The summed E-state index contributed by atoms with van der Waals surface area (Å²) < 4.78 is 0. The van der Waals surface area contributed by atoms with Gasteiger partial charge in [-0.25, -0.2) is 0 Å². The molecule has 3 aromatic carbocycles. The average Bonchev–Trinajstić information content (AvgIpc) is 3.22. The molecule has 7 rings (SSSR count). The third kappa shape index (κ3) is 2.61. The summed E-state index contributed by atoms with van der Waals surface area (Å²) in [6.07, 6.45) is 5.48. The number of para-hydroxylation sites is 3. The Balaban J connectivity index is 1.54. The third-order valence-electron chi connectivity index (χ3n) is 7.72. The quantitative estimate of drug-likeness (QED) is 0.377. The molecule has 0 spiro atoms. The first-order valence-electron chi connectivity index (χ1n) is 12.2. The van der Waals surface area contributed by atoms with Crippen molar-refractivity contribution in [1.29, 1.82) is 0 Å². The Bertz CT molecular complexity index is 1460. The van der Waals surface area contributed by atoms with Crippen LogP contribution in [0.15, 0.2) is 72.8 Å². The second-order valence-electron chi connectivity index (χ2n) is 9.57. The van der Waals surface area contributed by atoms with Crippen LogP contribution in [0.4, 0.5) is 11.4 Å². The Morgan fingerprint density at radius 1 is 0.706 bits per heavy atom. The van der Waals surface area contributed by atoms with E-state index >= 15 is 0 Å². The fourth-order valence-electron chi connectivity index (χ4n) is 6.24. The van der Waals surface area contributed by atoms with Crippen molar-refractivity contribution in [1.82, 2.24) is 4.98 Å². The van der Waals surface area contributed by atoms with E-state index in [1.165, 1.54) is 6.42 Å². The van der Waals surface area contributed by atoms with Crippen LogP contribution in [0.1, 0.15) is 54.2 Å². The molecular weight excluding hydrogens is 422 g/mol. The van der Waals surface area contributed by atoms with Gasteiger partial charge in [0.2, 0.25) is 0 Å². The van der Waals surface area contributed by atoms with Crippen LogP contribution < -0.4 is 9.80 Å². The number of nitrogens with one attached hydrogen (secondary N) is 1. The highest BCUT2D eigenvalue weighted by Crippen LogP contribution is 2.50. The molecule has 1 N–H and O–H groups in total. The zero-order valence-corrected chi connectivity index (χ0v) is 18.8. The molecule has 0 bridgehead atoms. The van der Waals surface area contributed by atoms with Gasteiger partial charge in [0.05, 0.1) is 17.1 Å². The first-order chi connectivity index (χ1) is 16.7. The van der Waals surface area contributed by atoms with E-state index in [9.17, 15) is 9.59 Å². The van der Waals surface area contributed by atoms with Crippen LogP contribution in [0.5, 0.6) is 0 Å². The maximum absolute atomic E-state index is 14.4. The molecule has 1 aliphatic carbocycles. The normalized spacial score (nSPS) is 19.9. The van der Waals surface area contributed by atoms with E-state index in [4.69, 9.17) is 0 Å². The Kier molecular flexibility index (Phi) is 4.22. The number of H-pyrrole nitrogens is 1. The molecule has 1 saturated carbocycles. The molecule has 0 saturated heterocycles. The summed E-state index contributed by atoms with van der Waals surface area (Å²) in [6, 6.07) is 23.2. The molecule has 1 atom stereocenters. The minimum Gasteiger partial charge on any atom is -0.356 e. The molecule has 5 heteroatoms. The number of nitrogens with zero attached hydrogens (tertiary/aromatic N) is 2. The Hall–Kier alpha value is -3.86. The lowest BCUT2D eigenvalue weighted by atomic mass is 9.91. The van der Waals surface area contributed by atoms with Crippen molar-refractivity contribution >= 4 is 34.1 Å². The largest absolute Gasteiger partial charge is 0.356 e. The monoisotopic (exact) mass is 447 g/mol. The maximum atomic E-state index is 14.4. The van der Waals surface area contributed by atoms with E-state index in [-0.39, 0.29) is 17.9 Å². The van der Waals surface area contributed by atoms with Gasteiger partial charge in [-0.05, 0) is 42.7 Å². The number of rotatable bonds is 1. The smallest absolute Gasteiger partial charge is 0.260 e. The van der Waals surface area contributed by atoms with Gasteiger partial charge in [0, 0.05) is 28.1 Å². The Morgan fingerprint density at radius 3 is 2.15 bits per heavy atom. The molecule has 1 aromatic heterocycles. The first kappa shape index (κ1) is 19.6. The predicted molar refractivity (Wildman–Crippen MR) is 134 cm³/mol. The summed E-state index contributed by atoms with van der Waals surface area (Å²) in [5.74, 6) is -0.141. The maximum Gasteiger partial charge on any atom is 0.260 e. The Labute approximate surface area is 198 Å². The van der Waals surface area contributed by atoms with Crippen LogP contribution in [-0.2, 0) is 4.79 Å². The second kappa shape index (κ2) is 7.32. The fourth-order valence-corrected chi connectivity index (χ4v) is 6.24. The molecule has 5 nitrogen and oxygen atoms in total. The zero-order chi connectivity index (χ0) is 22.8. The van der Waals surface area contributed by atoms with Crippen molar-refractivity contribution in [3.05, 3.63) is 84.1 Å². The van der Waals surface area contributed by atoms with Gasteiger partial charge in [0.15, 0.2) is 6.04 Å². The highest BCUT2D eigenvalue weighted by Gasteiger charge is 2.48. The highest BCUT2D eigenvalue weighted by atomic mass is 16.2. The van der Waals surface area contributed by atoms with E-state index in [1.807, 2.05) is 71.6 Å². The summed E-state index contributed by atoms with van der Waals surface area (Å²) in [7, 11) is 0. The second-order valence-corrected chi connectivity index (χ2v) is 9.57. The van der Waals surface area contributed by atoms with E-state index in [2.05, 4.69) is 11.1 Å². The summed E-state index contributed by atoms with van der Waals surface area (Å²) in [5, 5.41) is 1.04. The van der Waals surface area contributed by atoms with Crippen LogP contribution in [0, 0.1) is 0 Å². The van der Waals surface area contributed by atoms with Crippen LogP contribution in [0.2, 0.25) is 0 Å². The van der Waals surface area contributed by atoms with Gasteiger partial charge in [-0.3, -0.25) is 14.5 Å². The molecule has 3 heterocycles. The number of aromatic amines is 1. The molecule has 2 amide bonds. The third-order valence-corrected chi connectivity index (χ3v) is 7.72. The molecule has 2 aliphatic heterocycles. The molecule has 4 aromatic rings. The molecule has 0 radical (unpaired) electrons. The molecule has 168 valence electrons. The summed E-state index contributed by atoms with van der Waals surface area (Å²) in [5.41, 5.74) is 5.91. The van der Waals surface area contributed by atoms with Crippen LogP contribution >= 0.6 is 0 Å². The van der Waals surface area contributed by atoms with E-state index < -0.39 is 6.04 Å². The van der Waals surface area contributed by atoms with Crippen molar-refractivity contribution < 1.29 is 9.59 Å². The number of anilines is 2. The van der Waals surface area contributed by atoms with Crippen molar-refractivity contribution in [2.24, 2.45) is 0 Å². The topological polar surface area (TPSA) is 56.4 Å². The van der Waals surface area contributed by atoms with Crippen molar-refractivity contribution in [2.45, 2.75) is 44.2 Å². The average molecular weight is 448 g/mol. The van der Waals surface area contributed by atoms with Gasteiger partial charge in [-0.15, -0.1) is 0 Å². The number of carbonyl (C=O) groups is 2. The van der Waals surface area contributed by atoms with Gasteiger partial charge < -0.3 is 9.88 Å². The fraction of sp³-hybridized carbons (Fsp3) is 0.241. The molecular formula is C29H25N3O2. The molecule has 34 heavy (non-hydrogen) atoms. The predicted octanol–water partition coefficient (Wildman–Crippen LogP) is 6.22. The number of amides is 2. The first-order valence-corrected chi connectivity index (χ1v) is 12.2. The van der Waals surface area contributed by atoms with Crippen molar-refractivity contribution in [3.63, 3.8) is 0 Å². The highest BCUT2D eigenvalue weighted by molar-refractivity contribution is 6.22. The summed E-state index contributed by atoms with van der Waals surface area (Å²) >= 11 is 0. The summed E-state index contributed by atoms with van der Waals surface area (Å²) in [6.45, 7) is 0. The molecule has 1 fully saturated rings. The number of benzene rings is 3. The zero-order valence-electron chi connectivity index (χ0n) is 18.8. The number of aromatic nitrogens is 1. The van der Waals surface area contributed by atoms with E-state index in [0.717, 1.165) is 64.8 Å². The van der Waals surface area contributed by atoms with Gasteiger partial charge in [0.1, 0.15) is 0 Å². The lowest BCUT2D eigenvalue weighted by Crippen LogP contribution is -2.54. The lowest BCUT2D eigenvalue weighted by molar-refractivity contribution is -0.121. The van der Waals surface area contributed by atoms with Crippen LogP contribution in [0.25, 0.3) is 22.0 Å². The van der Waals surface area contributed by atoms with Gasteiger partial charge >= 0.3 is 0 Å². The minimum atomic E-state index is -0.723. The number of carbonyl (C=O) groups excluding carboxylic acids is 2.